The molecule has 0 atom stereocenters. The molecule has 2 heterocycles. The van der Waals surface area contributed by atoms with Crippen molar-refractivity contribution in [1.29, 1.82) is 0 Å². The Morgan fingerprint density at radius 3 is 2.24 bits per heavy atom. The van der Waals surface area contributed by atoms with Gasteiger partial charge in [-0.15, -0.1) is 0 Å². The Hall–Kier alpha value is -4.92. The molecule has 1 amide bonds. The molecule has 9 heteroatoms. The maximum absolute atomic E-state index is 13.0. The van der Waals surface area contributed by atoms with E-state index in [4.69, 9.17) is 9.47 Å². The summed E-state index contributed by atoms with van der Waals surface area (Å²) in [6.45, 7) is 5.22. The number of nitrogens with one attached hydrogen (secondary N) is 1. The van der Waals surface area contributed by atoms with Crippen LogP contribution in [0.3, 0.4) is 0 Å². The van der Waals surface area contributed by atoms with Crippen molar-refractivity contribution in [3.8, 4) is 22.6 Å². The Morgan fingerprint density at radius 1 is 0.919 bits per heavy atom. The van der Waals surface area contributed by atoms with Crippen LogP contribution >= 0.6 is 0 Å². The van der Waals surface area contributed by atoms with Gasteiger partial charge in [-0.3, -0.25) is 9.78 Å². The van der Waals surface area contributed by atoms with Crippen molar-refractivity contribution in [2.24, 2.45) is 0 Å². The number of aromatic carboxylic acids is 1. The smallest absolute Gasteiger partial charge is 0.478 e. The van der Waals surface area contributed by atoms with Crippen LogP contribution < -0.4 is 10.1 Å². The zero-order valence-electron chi connectivity index (χ0n) is 20.5. The highest BCUT2D eigenvalue weighted by Gasteiger charge is 2.19. The first-order valence-corrected chi connectivity index (χ1v) is 11.4. The molecule has 0 unspecified atom stereocenters. The summed E-state index contributed by atoms with van der Waals surface area (Å²) in [6, 6.07) is 16.6. The molecule has 0 saturated heterocycles. The third kappa shape index (κ3) is 6.40. The highest BCUT2D eigenvalue weighted by molar-refractivity contribution is 6.08. The fraction of sp³-hybridized carbons (Fsp3) is 0.143. The second-order valence-corrected chi connectivity index (χ2v) is 9.13. The van der Waals surface area contributed by atoms with Gasteiger partial charge in [0.15, 0.2) is 0 Å². The van der Waals surface area contributed by atoms with Crippen LogP contribution in [0.5, 0.6) is 5.75 Å². The highest BCUT2D eigenvalue weighted by atomic mass is 16.7. The number of carboxylic acids is 1. The Kier molecular flexibility index (Phi) is 7.06. The van der Waals surface area contributed by atoms with Crippen LogP contribution in [0.2, 0.25) is 0 Å². The average Bonchev–Trinajstić information content (AvgIpc) is 3.38. The number of hydrogen-bond acceptors (Lipinski definition) is 6. The quantitative estimate of drug-likeness (QED) is 0.254. The molecule has 0 aliphatic carbocycles. The van der Waals surface area contributed by atoms with Gasteiger partial charge in [-0.25, -0.2) is 9.59 Å². The number of carbonyl (C=O) groups excluding carboxylic acids is 2. The molecule has 0 fully saturated rings. The van der Waals surface area contributed by atoms with E-state index < -0.39 is 23.6 Å². The van der Waals surface area contributed by atoms with Gasteiger partial charge in [-0.2, -0.15) is 0 Å². The van der Waals surface area contributed by atoms with Gasteiger partial charge in [0.05, 0.1) is 28.7 Å². The number of anilines is 1. The zero-order chi connectivity index (χ0) is 26.6. The summed E-state index contributed by atoms with van der Waals surface area (Å²) >= 11 is 0. The number of carboxylic acid groups (broad SMARTS) is 1. The Labute approximate surface area is 213 Å². The van der Waals surface area contributed by atoms with Crippen molar-refractivity contribution in [3.63, 3.8) is 0 Å². The Bertz CT molecular complexity index is 1440. The van der Waals surface area contributed by atoms with Crippen LogP contribution in [-0.4, -0.2) is 38.3 Å². The van der Waals surface area contributed by atoms with Crippen molar-refractivity contribution in [3.05, 3.63) is 96.6 Å². The van der Waals surface area contributed by atoms with Gasteiger partial charge in [-0.1, -0.05) is 18.2 Å². The topological polar surface area (TPSA) is 120 Å². The number of aromatic nitrogens is 2. The van der Waals surface area contributed by atoms with Crippen LogP contribution in [0.25, 0.3) is 16.8 Å². The third-order valence-corrected chi connectivity index (χ3v) is 5.17. The van der Waals surface area contributed by atoms with Crippen molar-refractivity contribution in [1.82, 2.24) is 9.55 Å². The molecule has 0 aliphatic heterocycles. The molecule has 9 nitrogen and oxygen atoms in total. The number of pyridine rings is 1. The summed E-state index contributed by atoms with van der Waals surface area (Å²) in [4.78, 5) is 40.8. The SMILES string of the molecule is CC(C)(C)OC(=O)Oc1ccc(-c2ccc(C(=O)O)c(NC(=O)c3cncc(-n4cccc4)c3)c2)cc1. The number of ether oxygens (including phenoxy) is 2. The predicted molar refractivity (Wildman–Crippen MR) is 137 cm³/mol. The molecule has 0 bridgehead atoms. The summed E-state index contributed by atoms with van der Waals surface area (Å²) in [7, 11) is 0. The summed E-state index contributed by atoms with van der Waals surface area (Å²) in [5.74, 6) is -1.38. The number of carbonyl (C=O) groups is 3. The van der Waals surface area contributed by atoms with E-state index in [-0.39, 0.29) is 16.8 Å². The van der Waals surface area contributed by atoms with E-state index in [1.54, 1.807) is 69.4 Å². The minimum atomic E-state index is -1.18. The second-order valence-electron chi connectivity index (χ2n) is 9.13. The molecule has 37 heavy (non-hydrogen) atoms. The van der Waals surface area contributed by atoms with Gasteiger partial charge in [0.2, 0.25) is 0 Å². The molecule has 2 aromatic heterocycles. The van der Waals surface area contributed by atoms with Crippen LogP contribution in [0.1, 0.15) is 41.5 Å². The maximum Gasteiger partial charge on any atom is 0.514 e. The van der Waals surface area contributed by atoms with E-state index >= 15 is 0 Å². The summed E-state index contributed by atoms with van der Waals surface area (Å²) in [6.07, 6.45) is 5.88. The number of rotatable bonds is 6. The van der Waals surface area contributed by atoms with Gasteiger partial charge in [0, 0.05) is 18.6 Å². The highest BCUT2D eigenvalue weighted by Crippen LogP contribution is 2.28. The second kappa shape index (κ2) is 10.4. The van der Waals surface area contributed by atoms with Crippen molar-refractivity contribution in [2.75, 3.05) is 5.32 Å². The molecular formula is C28H25N3O6. The van der Waals surface area contributed by atoms with Crippen LogP contribution in [0.4, 0.5) is 10.5 Å². The largest absolute Gasteiger partial charge is 0.514 e. The van der Waals surface area contributed by atoms with E-state index in [0.717, 1.165) is 5.56 Å². The number of hydrogen-bond donors (Lipinski definition) is 2. The molecule has 0 radical (unpaired) electrons. The van der Waals surface area contributed by atoms with Crippen molar-refractivity contribution >= 4 is 23.7 Å². The van der Waals surface area contributed by atoms with Crippen molar-refractivity contribution < 1.29 is 29.0 Å². The van der Waals surface area contributed by atoms with E-state index in [0.29, 0.717) is 17.0 Å². The third-order valence-electron chi connectivity index (χ3n) is 5.17. The first kappa shape index (κ1) is 25.2. The number of benzene rings is 2. The first-order chi connectivity index (χ1) is 17.6. The normalized spacial score (nSPS) is 11.0. The van der Waals surface area contributed by atoms with E-state index in [1.165, 1.54) is 12.3 Å². The van der Waals surface area contributed by atoms with Gasteiger partial charge in [-0.05, 0) is 74.4 Å². The number of nitrogens with zero attached hydrogens (tertiary/aromatic N) is 2. The molecule has 2 aromatic carbocycles. The van der Waals surface area contributed by atoms with E-state index in [9.17, 15) is 19.5 Å². The van der Waals surface area contributed by atoms with Crippen LogP contribution in [-0.2, 0) is 4.74 Å². The Balaban J connectivity index is 1.55. The van der Waals surface area contributed by atoms with Crippen LogP contribution in [0.15, 0.2) is 85.5 Å². The fourth-order valence-corrected chi connectivity index (χ4v) is 3.49. The standard InChI is InChI=1S/C28H25N3O6/c1-28(2,3)37-27(35)36-22-9-6-18(7-10-22)19-8-11-23(26(33)34)24(15-19)30-25(32)20-14-21(17-29-16-20)31-12-4-5-13-31/h4-17H,1-3H3,(H,30,32)(H,33,34). The molecule has 0 spiro atoms. The lowest BCUT2D eigenvalue weighted by molar-refractivity contribution is 0.0206. The predicted octanol–water partition coefficient (Wildman–Crippen LogP) is 5.80. The molecule has 4 rings (SSSR count). The molecule has 188 valence electrons. The molecule has 4 aromatic rings. The Morgan fingerprint density at radius 2 is 1.59 bits per heavy atom. The summed E-state index contributed by atoms with van der Waals surface area (Å²) < 4.78 is 12.1. The lowest BCUT2D eigenvalue weighted by Gasteiger charge is -2.18. The molecule has 0 saturated carbocycles. The van der Waals surface area contributed by atoms with Gasteiger partial charge < -0.3 is 24.5 Å². The lowest BCUT2D eigenvalue weighted by atomic mass is 10.0. The van der Waals surface area contributed by atoms with Crippen molar-refractivity contribution in [2.45, 2.75) is 26.4 Å². The monoisotopic (exact) mass is 499 g/mol. The zero-order valence-corrected chi connectivity index (χ0v) is 20.5. The number of amides is 1. The lowest BCUT2D eigenvalue weighted by Crippen LogP contribution is -2.25. The maximum atomic E-state index is 13.0. The average molecular weight is 500 g/mol. The van der Waals surface area contributed by atoms with Gasteiger partial charge in [0.25, 0.3) is 5.91 Å². The summed E-state index contributed by atoms with van der Waals surface area (Å²) in [5, 5.41) is 12.3. The fourth-order valence-electron chi connectivity index (χ4n) is 3.49. The van der Waals surface area contributed by atoms with Gasteiger partial charge in [0.1, 0.15) is 11.4 Å². The summed E-state index contributed by atoms with van der Waals surface area (Å²) in [5.41, 5.74) is 1.74. The van der Waals surface area contributed by atoms with E-state index in [1.807, 2.05) is 29.1 Å². The minimum Gasteiger partial charge on any atom is -0.478 e. The molecule has 0 aliphatic rings. The molecule has 2 N–H and O–H groups in total. The minimum absolute atomic E-state index is 0.0588. The molecular weight excluding hydrogens is 474 g/mol. The first-order valence-electron chi connectivity index (χ1n) is 11.4. The van der Waals surface area contributed by atoms with E-state index in [2.05, 4.69) is 10.3 Å². The van der Waals surface area contributed by atoms with Crippen LogP contribution in [0, 0.1) is 0 Å². The van der Waals surface area contributed by atoms with Gasteiger partial charge >= 0.3 is 12.1 Å².